The highest BCUT2D eigenvalue weighted by molar-refractivity contribution is 5.97. The van der Waals surface area contributed by atoms with Crippen molar-refractivity contribution in [3.05, 3.63) is 29.3 Å². The summed E-state index contributed by atoms with van der Waals surface area (Å²) in [5, 5.41) is 8.86. The third-order valence-electron chi connectivity index (χ3n) is 4.24. The number of hydrogen-bond donors (Lipinski definition) is 3. The first-order valence-electron chi connectivity index (χ1n) is 7.93. The topological polar surface area (TPSA) is 70.2 Å². The molecule has 0 unspecified atom stereocenters. The number of nitrogens with one attached hydrogen (secondary N) is 3. The summed E-state index contributed by atoms with van der Waals surface area (Å²) >= 11 is 0. The number of carbonyl (C=O) groups is 2. The minimum atomic E-state index is -0.148. The maximum Gasteiger partial charge on any atom is 0.251 e. The molecule has 0 aromatic heterocycles. The summed E-state index contributed by atoms with van der Waals surface area (Å²) in [4.78, 5) is 23.8. The van der Waals surface area contributed by atoms with E-state index in [4.69, 9.17) is 0 Å². The maximum absolute atomic E-state index is 12.1. The summed E-state index contributed by atoms with van der Waals surface area (Å²) in [5.74, 6) is 0.520. The molecule has 1 aliphatic heterocycles. The molecule has 1 heterocycles. The minimum Gasteiger partial charge on any atom is -0.355 e. The van der Waals surface area contributed by atoms with Crippen LogP contribution in [0.3, 0.4) is 0 Å². The smallest absolute Gasteiger partial charge is 0.251 e. The van der Waals surface area contributed by atoms with Crippen molar-refractivity contribution in [1.29, 1.82) is 0 Å². The molecule has 6 heteroatoms. The summed E-state index contributed by atoms with van der Waals surface area (Å²) in [7, 11) is 1.60. The van der Waals surface area contributed by atoms with E-state index >= 15 is 0 Å². The zero-order valence-corrected chi connectivity index (χ0v) is 14.6. The van der Waals surface area contributed by atoms with Crippen molar-refractivity contribution in [3.8, 4) is 0 Å². The average molecular weight is 340 g/mol. The lowest BCUT2D eigenvalue weighted by atomic mass is 9.93. The van der Waals surface area contributed by atoms with Crippen molar-refractivity contribution in [2.45, 2.75) is 32.6 Å². The Hall–Kier alpha value is -1.59. The van der Waals surface area contributed by atoms with Crippen molar-refractivity contribution in [2.75, 3.05) is 25.5 Å². The van der Waals surface area contributed by atoms with E-state index in [9.17, 15) is 9.59 Å². The van der Waals surface area contributed by atoms with Gasteiger partial charge in [-0.1, -0.05) is 6.07 Å². The first-order chi connectivity index (χ1) is 10.6. The Morgan fingerprint density at radius 3 is 2.61 bits per heavy atom. The molecule has 1 aromatic rings. The molecule has 1 aliphatic rings. The fourth-order valence-corrected chi connectivity index (χ4v) is 2.76. The Bertz CT molecular complexity index is 543. The van der Waals surface area contributed by atoms with E-state index in [0.717, 1.165) is 43.6 Å². The molecule has 0 aliphatic carbocycles. The van der Waals surface area contributed by atoms with Gasteiger partial charge in [0, 0.05) is 24.7 Å². The molecule has 0 bridgehead atoms. The molecular weight excluding hydrogens is 314 g/mol. The van der Waals surface area contributed by atoms with Gasteiger partial charge in [0.15, 0.2) is 0 Å². The van der Waals surface area contributed by atoms with E-state index in [1.54, 1.807) is 19.2 Å². The van der Waals surface area contributed by atoms with Crippen LogP contribution in [-0.4, -0.2) is 32.0 Å². The Kier molecular flexibility index (Phi) is 8.06. The molecule has 0 radical (unpaired) electrons. The van der Waals surface area contributed by atoms with Crippen LogP contribution in [0.1, 0.15) is 41.6 Å². The van der Waals surface area contributed by atoms with E-state index in [1.165, 1.54) is 0 Å². The highest BCUT2D eigenvalue weighted by Gasteiger charge is 2.15. The third-order valence-corrected chi connectivity index (χ3v) is 4.24. The first-order valence-corrected chi connectivity index (χ1v) is 7.93. The van der Waals surface area contributed by atoms with Crippen molar-refractivity contribution < 1.29 is 9.59 Å². The van der Waals surface area contributed by atoms with Gasteiger partial charge in [-0.05, 0) is 62.9 Å². The summed E-state index contributed by atoms with van der Waals surface area (Å²) in [6.45, 7) is 4.04. The summed E-state index contributed by atoms with van der Waals surface area (Å²) in [5.41, 5.74) is 2.24. The lowest BCUT2D eigenvalue weighted by molar-refractivity contribution is -0.116. The van der Waals surface area contributed by atoms with Crippen LogP contribution in [0.2, 0.25) is 0 Å². The van der Waals surface area contributed by atoms with E-state index in [0.29, 0.717) is 17.9 Å². The lowest BCUT2D eigenvalue weighted by Crippen LogP contribution is -2.28. The van der Waals surface area contributed by atoms with Crippen molar-refractivity contribution >= 4 is 29.9 Å². The number of anilines is 1. The van der Waals surface area contributed by atoms with Crippen molar-refractivity contribution in [1.82, 2.24) is 10.6 Å². The normalized spacial score (nSPS) is 14.7. The zero-order chi connectivity index (χ0) is 15.9. The van der Waals surface area contributed by atoms with E-state index in [1.807, 2.05) is 13.0 Å². The van der Waals surface area contributed by atoms with Gasteiger partial charge in [0.25, 0.3) is 5.91 Å². The van der Waals surface area contributed by atoms with Gasteiger partial charge in [0.2, 0.25) is 5.91 Å². The highest BCUT2D eigenvalue weighted by atomic mass is 35.5. The van der Waals surface area contributed by atoms with Crippen LogP contribution in [0.4, 0.5) is 5.69 Å². The van der Waals surface area contributed by atoms with Crippen LogP contribution < -0.4 is 16.0 Å². The minimum absolute atomic E-state index is 0. The number of amides is 2. The first kappa shape index (κ1) is 19.5. The molecule has 2 rings (SSSR count). The third kappa shape index (κ3) is 5.84. The molecule has 2 amide bonds. The molecule has 128 valence electrons. The number of halogens is 1. The molecule has 1 saturated heterocycles. The fraction of sp³-hybridized carbons (Fsp3) is 0.529. The zero-order valence-electron chi connectivity index (χ0n) is 13.8. The van der Waals surface area contributed by atoms with Gasteiger partial charge in [-0.15, -0.1) is 12.4 Å². The molecule has 3 N–H and O–H groups in total. The number of piperidine rings is 1. The number of rotatable bonds is 5. The van der Waals surface area contributed by atoms with Crippen LogP contribution in [-0.2, 0) is 4.79 Å². The Morgan fingerprint density at radius 2 is 1.96 bits per heavy atom. The predicted molar refractivity (Wildman–Crippen MR) is 95.3 cm³/mol. The van der Waals surface area contributed by atoms with Crippen LogP contribution in [0.25, 0.3) is 0 Å². The van der Waals surface area contributed by atoms with Gasteiger partial charge in [-0.2, -0.15) is 0 Å². The number of benzene rings is 1. The number of aryl methyl sites for hydroxylation is 1. The Labute approximate surface area is 144 Å². The molecule has 1 fully saturated rings. The predicted octanol–water partition coefficient (Wildman–Crippen LogP) is 2.49. The Morgan fingerprint density at radius 1 is 1.26 bits per heavy atom. The molecular formula is C17H26ClN3O2. The average Bonchev–Trinajstić information content (AvgIpc) is 2.55. The fourth-order valence-electron chi connectivity index (χ4n) is 2.76. The van der Waals surface area contributed by atoms with Crippen molar-refractivity contribution in [2.24, 2.45) is 5.92 Å². The van der Waals surface area contributed by atoms with Gasteiger partial charge in [0.1, 0.15) is 0 Å². The second kappa shape index (κ2) is 9.53. The molecule has 0 spiro atoms. The van der Waals surface area contributed by atoms with Crippen LogP contribution >= 0.6 is 12.4 Å². The molecule has 1 aromatic carbocycles. The van der Waals surface area contributed by atoms with E-state index in [2.05, 4.69) is 16.0 Å². The quantitative estimate of drug-likeness (QED) is 0.772. The molecule has 23 heavy (non-hydrogen) atoms. The maximum atomic E-state index is 12.1. The monoisotopic (exact) mass is 339 g/mol. The van der Waals surface area contributed by atoms with Crippen LogP contribution in [0.15, 0.2) is 18.2 Å². The second-order valence-electron chi connectivity index (χ2n) is 5.89. The standard InChI is InChI=1S/C17H25N3O2.ClH/c1-12-3-5-14(17(22)18-2)11-15(12)20-16(21)6-4-13-7-9-19-10-8-13;/h3,5,11,13,19H,4,6-10H2,1-2H3,(H,18,22)(H,20,21);1H. The van der Waals surface area contributed by atoms with E-state index in [-0.39, 0.29) is 24.2 Å². The van der Waals surface area contributed by atoms with Crippen LogP contribution in [0.5, 0.6) is 0 Å². The molecule has 5 nitrogen and oxygen atoms in total. The van der Waals surface area contributed by atoms with Gasteiger partial charge < -0.3 is 16.0 Å². The summed E-state index contributed by atoms with van der Waals surface area (Å²) < 4.78 is 0. The second-order valence-corrected chi connectivity index (χ2v) is 5.89. The van der Waals surface area contributed by atoms with Gasteiger partial charge in [0.05, 0.1) is 0 Å². The summed E-state index contributed by atoms with van der Waals surface area (Å²) in [6.07, 6.45) is 3.77. The number of hydrogen-bond acceptors (Lipinski definition) is 3. The van der Waals surface area contributed by atoms with Gasteiger partial charge >= 0.3 is 0 Å². The SMILES string of the molecule is CNC(=O)c1ccc(C)c(NC(=O)CCC2CCNCC2)c1.Cl. The van der Waals surface area contributed by atoms with E-state index < -0.39 is 0 Å². The van der Waals surface area contributed by atoms with Gasteiger partial charge in [-0.25, -0.2) is 0 Å². The Balaban J connectivity index is 0.00000264. The lowest BCUT2D eigenvalue weighted by Gasteiger charge is -2.22. The van der Waals surface area contributed by atoms with Gasteiger partial charge in [-0.3, -0.25) is 9.59 Å². The molecule has 0 atom stereocenters. The highest BCUT2D eigenvalue weighted by Crippen LogP contribution is 2.20. The number of carbonyl (C=O) groups excluding carboxylic acids is 2. The summed E-state index contributed by atoms with van der Waals surface area (Å²) in [6, 6.07) is 5.35. The van der Waals surface area contributed by atoms with Crippen molar-refractivity contribution in [3.63, 3.8) is 0 Å². The van der Waals surface area contributed by atoms with Crippen LogP contribution in [0, 0.1) is 12.8 Å². The largest absolute Gasteiger partial charge is 0.355 e. The molecule has 0 saturated carbocycles.